The largest absolute Gasteiger partial charge is 0.496 e. The van der Waals surface area contributed by atoms with Crippen LogP contribution in [-0.4, -0.2) is 68.3 Å². The van der Waals surface area contributed by atoms with Crippen LogP contribution in [0.25, 0.3) is 0 Å². The number of methoxy groups -OCH3 is 1. The Bertz CT molecular complexity index is 543. The summed E-state index contributed by atoms with van der Waals surface area (Å²) in [5.41, 5.74) is 0.675. The maximum absolute atomic E-state index is 13.2. The number of rotatable bonds is 4. The third kappa shape index (κ3) is 4.08. The van der Waals surface area contributed by atoms with E-state index in [9.17, 15) is 4.79 Å². The molecule has 5 heteroatoms. The zero-order valence-corrected chi connectivity index (χ0v) is 14.6. The van der Waals surface area contributed by atoms with Gasteiger partial charge in [0.15, 0.2) is 0 Å². The molecule has 0 spiro atoms. The number of morpholine rings is 1. The number of ether oxygens (including phenoxy) is 2. The van der Waals surface area contributed by atoms with Crippen molar-refractivity contribution < 1.29 is 14.3 Å². The Morgan fingerprint density at radius 2 is 1.96 bits per heavy atom. The Kier molecular flexibility index (Phi) is 6.10. The van der Waals surface area contributed by atoms with Gasteiger partial charge in [-0.1, -0.05) is 25.0 Å². The van der Waals surface area contributed by atoms with Gasteiger partial charge in [-0.25, -0.2) is 0 Å². The average molecular weight is 332 g/mol. The third-order valence-electron chi connectivity index (χ3n) is 5.05. The number of amides is 1. The second kappa shape index (κ2) is 8.49. The molecule has 0 bridgehead atoms. The fourth-order valence-corrected chi connectivity index (χ4v) is 3.69. The molecule has 132 valence electrons. The van der Waals surface area contributed by atoms with Gasteiger partial charge >= 0.3 is 0 Å². The van der Waals surface area contributed by atoms with Gasteiger partial charge in [-0.15, -0.1) is 0 Å². The first-order valence-electron chi connectivity index (χ1n) is 9.03. The van der Waals surface area contributed by atoms with E-state index in [4.69, 9.17) is 9.47 Å². The van der Waals surface area contributed by atoms with Gasteiger partial charge in [-0.2, -0.15) is 0 Å². The Balaban J connectivity index is 1.77. The molecule has 1 atom stereocenters. The molecule has 0 N–H and O–H groups in total. The van der Waals surface area contributed by atoms with Crippen molar-refractivity contribution >= 4 is 5.91 Å². The summed E-state index contributed by atoms with van der Waals surface area (Å²) in [6.45, 7) is 5.32. The van der Waals surface area contributed by atoms with Gasteiger partial charge in [0.2, 0.25) is 0 Å². The van der Waals surface area contributed by atoms with Gasteiger partial charge in [0.1, 0.15) is 5.75 Å². The maximum atomic E-state index is 13.2. The number of nitrogens with zero attached hydrogens (tertiary/aromatic N) is 2. The van der Waals surface area contributed by atoms with Gasteiger partial charge in [0.05, 0.1) is 25.9 Å². The molecule has 0 aromatic heterocycles. The van der Waals surface area contributed by atoms with Gasteiger partial charge in [-0.05, 0) is 25.0 Å². The number of hydrogen-bond acceptors (Lipinski definition) is 4. The van der Waals surface area contributed by atoms with Crippen molar-refractivity contribution in [2.45, 2.75) is 31.7 Å². The molecule has 5 nitrogen and oxygen atoms in total. The van der Waals surface area contributed by atoms with Crippen LogP contribution >= 0.6 is 0 Å². The first-order chi connectivity index (χ1) is 11.8. The van der Waals surface area contributed by atoms with Crippen molar-refractivity contribution in [3.05, 3.63) is 29.8 Å². The Morgan fingerprint density at radius 1 is 1.17 bits per heavy atom. The Labute approximate surface area is 144 Å². The van der Waals surface area contributed by atoms with Crippen molar-refractivity contribution in [1.29, 1.82) is 0 Å². The monoisotopic (exact) mass is 332 g/mol. The summed E-state index contributed by atoms with van der Waals surface area (Å²) in [7, 11) is 1.62. The molecule has 24 heavy (non-hydrogen) atoms. The molecule has 1 aromatic rings. The van der Waals surface area contributed by atoms with Crippen molar-refractivity contribution in [1.82, 2.24) is 9.80 Å². The van der Waals surface area contributed by atoms with Crippen molar-refractivity contribution in [3.8, 4) is 5.75 Å². The molecule has 2 saturated heterocycles. The summed E-state index contributed by atoms with van der Waals surface area (Å²) in [5.74, 6) is 0.768. The zero-order valence-electron chi connectivity index (χ0n) is 14.6. The normalized spacial score (nSPS) is 22.9. The fraction of sp³-hybridized carbons (Fsp3) is 0.632. The smallest absolute Gasteiger partial charge is 0.257 e. The van der Waals surface area contributed by atoms with E-state index in [0.29, 0.717) is 11.3 Å². The summed E-state index contributed by atoms with van der Waals surface area (Å²) < 4.78 is 10.8. The van der Waals surface area contributed by atoms with Crippen LogP contribution in [-0.2, 0) is 4.74 Å². The number of likely N-dealkylation sites (tertiary alicyclic amines) is 1. The standard InChI is InChI=1S/C19H28N2O3/c1-23-18-9-5-4-8-17(18)19(22)21-10-6-2-3-7-16(21)15-20-11-13-24-14-12-20/h4-5,8-9,16H,2-3,6-7,10-15H2,1H3. The van der Waals surface area contributed by atoms with Crippen molar-refractivity contribution in [2.75, 3.05) is 46.5 Å². The van der Waals surface area contributed by atoms with E-state index in [1.54, 1.807) is 7.11 Å². The Morgan fingerprint density at radius 3 is 2.75 bits per heavy atom. The lowest BCUT2D eigenvalue weighted by atomic mass is 10.1. The van der Waals surface area contributed by atoms with Crippen LogP contribution in [0.4, 0.5) is 0 Å². The molecule has 2 fully saturated rings. The second-order valence-electron chi connectivity index (χ2n) is 6.61. The SMILES string of the molecule is COc1ccccc1C(=O)N1CCCCCC1CN1CCOCC1. The lowest BCUT2D eigenvalue weighted by molar-refractivity contribution is 0.0218. The van der Waals surface area contributed by atoms with Crippen LogP contribution < -0.4 is 4.74 Å². The van der Waals surface area contributed by atoms with Gasteiger partial charge in [-0.3, -0.25) is 9.69 Å². The van der Waals surface area contributed by atoms with Crippen LogP contribution in [0.15, 0.2) is 24.3 Å². The highest BCUT2D eigenvalue weighted by atomic mass is 16.5. The van der Waals surface area contributed by atoms with E-state index < -0.39 is 0 Å². The molecule has 2 heterocycles. The summed E-state index contributed by atoms with van der Waals surface area (Å²) in [4.78, 5) is 17.7. The highest BCUT2D eigenvalue weighted by molar-refractivity contribution is 5.97. The van der Waals surface area contributed by atoms with E-state index in [0.717, 1.165) is 52.2 Å². The number of benzene rings is 1. The van der Waals surface area contributed by atoms with E-state index in [-0.39, 0.29) is 11.9 Å². The second-order valence-corrected chi connectivity index (χ2v) is 6.61. The molecule has 0 aliphatic carbocycles. The minimum Gasteiger partial charge on any atom is -0.496 e. The van der Waals surface area contributed by atoms with E-state index >= 15 is 0 Å². The minimum absolute atomic E-state index is 0.104. The van der Waals surface area contributed by atoms with Gasteiger partial charge < -0.3 is 14.4 Å². The summed E-state index contributed by atoms with van der Waals surface area (Å²) in [6.07, 6.45) is 4.57. The molecule has 2 aliphatic heterocycles. The first-order valence-corrected chi connectivity index (χ1v) is 9.03. The lowest BCUT2D eigenvalue weighted by Gasteiger charge is -2.36. The Hall–Kier alpha value is -1.59. The molecule has 0 radical (unpaired) electrons. The summed E-state index contributed by atoms with van der Waals surface area (Å²) in [5, 5.41) is 0. The predicted molar refractivity (Wildman–Crippen MR) is 93.5 cm³/mol. The average Bonchev–Trinajstić information content (AvgIpc) is 2.87. The molecular weight excluding hydrogens is 304 g/mol. The fourth-order valence-electron chi connectivity index (χ4n) is 3.69. The van der Waals surface area contributed by atoms with Gasteiger partial charge in [0.25, 0.3) is 5.91 Å². The molecule has 2 aliphatic rings. The van der Waals surface area contributed by atoms with E-state index in [1.165, 1.54) is 12.8 Å². The molecule has 1 amide bonds. The molecule has 0 saturated carbocycles. The molecule has 1 unspecified atom stereocenters. The van der Waals surface area contributed by atoms with Crippen LogP contribution in [0.3, 0.4) is 0 Å². The van der Waals surface area contributed by atoms with Crippen molar-refractivity contribution in [2.24, 2.45) is 0 Å². The highest BCUT2D eigenvalue weighted by Crippen LogP contribution is 2.25. The van der Waals surface area contributed by atoms with Crippen LogP contribution in [0.1, 0.15) is 36.0 Å². The highest BCUT2D eigenvalue weighted by Gasteiger charge is 2.29. The third-order valence-corrected chi connectivity index (χ3v) is 5.05. The lowest BCUT2D eigenvalue weighted by Crippen LogP contribution is -2.49. The quantitative estimate of drug-likeness (QED) is 0.849. The van der Waals surface area contributed by atoms with Crippen LogP contribution in [0.2, 0.25) is 0 Å². The minimum atomic E-state index is 0.104. The summed E-state index contributed by atoms with van der Waals surface area (Å²) in [6, 6.07) is 7.83. The maximum Gasteiger partial charge on any atom is 0.257 e. The van der Waals surface area contributed by atoms with Gasteiger partial charge in [0, 0.05) is 32.2 Å². The molecule has 1 aromatic carbocycles. The first kappa shape index (κ1) is 17.2. The predicted octanol–water partition coefficient (Wildman–Crippen LogP) is 2.41. The van der Waals surface area contributed by atoms with Crippen LogP contribution in [0.5, 0.6) is 5.75 Å². The number of hydrogen-bond donors (Lipinski definition) is 0. The summed E-state index contributed by atoms with van der Waals surface area (Å²) >= 11 is 0. The topological polar surface area (TPSA) is 42.0 Å². The van der Waals surface area contributed by atoms with E-state index in [2.05, 4.69) is 9.80 Å². The molecular formula is C19H28N2O3. The molecule has 3 rings (SSSR count). The van der Waals surface area contributed by atoms with E-state index in [1.807, 2.05) is 24.3 Å². The number of para-hydroxylation sites is 1. The van der Waals surface area contributed by atoms with Crippen molar-refractivity contribution in [3.63, 3.8) is 0 Å². The van der Waals surface area contributed by atoms with Crippen LogP contribution in [0, 0.1) is 0 Å². The number of carbonyl (C=O) groups excluding carboxylic acids is 1. The zero-order chi connectivity index (χ0) is 16.8. The number of carbonyl (C=O) groups is 1.